The van der Waals surface area contributed by atoms with Gasteiger partial charge in [-0.15, -0.1) is 0 Å². The van der Waals surface area contributed by atoms with Gasteiger partial charge >= 0.3 is 5.97 Å². The summed E-state index contributed by atoms with van der Waals surface area (Å²) in [5.74, 6) is -2.33. The first-order valence-corrected chi connectivity index (χ1v) is 15.2. The highest BCUT2D eigenvalue weighted by Gasteiger charge is 2.33. The smallest absolute Gasteiger partial charge is 0.326 e. The number of fused-ring (bicyclic) bond motifs is 1. The second kappa shape index (κ2) is 16.9. The Kier molecular flexibility index (Phi) is 14.0. The molecule has 2 aromatic rings. The summed E-state index contributed by atoms with van der Waals surface area (Å²) in [5, 5.41) is 18.9. The van der Waals surface area contributed by atoms with E-state index in [1.807, 2.05) is 37.4 Å². The molecule has 40 heavy (non-hydrogen) atoms. The van der Waals surface area contributed by atoms with E-state index in [4.69, 9.17) is 11.5 Å². The van der Waals surface area contributed by atoms with Gasteiger partial charge in [-0.1, -0.05) is 38.5 Å². The molecule has 1 aromatic heterocycles. The van der Waals surface area contributed by atoms with Crippen molar-refractivity contribution in [2.24, 2.45) is 17.4 Å². The number of hydrogen-bond donors (Lipinski definition) is 7. The Labute approximate surface area is 240 Å². The average molecular weight is 577 g/mol. The second-order valence-corrected chi connectivity index (χ2v) is 11.1. The Hall–Kier alpha value is -3.09. The number of carbonyl (C=O) groups excluding carboxylic acids is 3. The van der Waals surface area contributed by atoms with Gasteiger partial charge in [0.05, 0.1) is 6.04 Å². The van der Waals surface area contributed by atoms with Crippen molar-refractivity contribution in [3.8, 4) is 0 Å². The number of carboxylic acid groups (broad SMARTS) is 1. The number of nitrogens with two attached hydrogens (primary N) is 2. The number of unbranched alkanes of at least 4 members (excludes halogenated alkanes) is 1. The summed E-state index contributed by atoms with van der Waals surface area (Å²) in [6, 6.07) is 3.65. The van der Waals surface area contributed by atoms with Gasteiger partial charge in [0, 0.05) is 23.5 Å². The third-order valence-electron chi connectivity index (χ3n) is 7.06. The van der Waals surface area contributed by atoms with Crippen molar-refractivity contribution < 1.29 is 24.3 Å². The molecule has 2 rings (SSSR count). The molecule has 3 amide bonds. The number of aliphatic carboxylic acids is 1. The topological polar surface area (TPSA) is 192 Å². The molecule has 1 aromatic carbocycles. The van der Waals surface area contributed by atoms with E-state index in [9.17, 15) is 24.3 Å². The lowest BCUT2D eigenvalue weighted by Gasteiger charge is -2.28. The van der Waals surface area contributed by atoms with E-state index in [2.05, 4.69) is 20.9 Å². The standard InChI is InChI=1S/C28H44N6O5S/c1-4-17(2)24(34-26(36)22(11-7-8-13-29)32-25(35)20(30)12-14-40-3)27(37)33-23(28(38)39)15-18-16-31-21-10-6-5-9-19(18)21/h5-6,9-10,16-17,20,22-24,31H,4,7-8,11-15,29-30H2,1-3H3,(H,32,35)(H,33,37)(H,34,36)(H,38,39). The molecule has 0 saturated heterocycles. The van der Waals surface area contributed by atoms with E-state index in [0.717, 1.165) is 16.5 Å². The Balaban J connectivity index is 2.17. The van der Waals surface area contributed by atoms with Crippen molar-refractivity contribution in [3.05, 3.63) is 36.0 Å². The van der Waals surface area contributed by atoms with Gasteiger partial charge in [-0.25, -0.2) is 4.79 Å². The van der Waals surface area contributed by atoms with Crippen LogP contribution in [0.5, 0.6) is 0 Å². The zero-order valence-corrected chi connectivity index (χ0v) is 24.4. The van der Waals surface area contributed by atoms with Crippen LogP contribution in [-0.2, 0) is 25.6 Å². The maximum Gasteiger partial charge on any atom is 0.326 e. The van der Waals surface area contributed by atoms with E-state index in [0.29, 0.717) is 44.4 Å². The average Bonchev–Trinajstić information content (AvgIpc) is 3.35. The van der Waals surface area contributed by atoms with E-state index in [-0.39, 0.29) is 12.3 Å². The van der Waals surface area contributed by atoms with Gasteiger partial charge in [0.2, 0.25) is 17.7 Å². The molecular formula is C28H44N6O5S. The van der Waals surface area contributed by atoms with Gasteiger partial charge in [-0.2, -0.15) is 11.8 Å². The normalized spacial score (nSPS) is 15.0. The molecule has 0 aliphatic heterocycles. The molecule has 0 aliphatic rings. The maximum absolute atomic E-state index is 13.4. The highest BCUT2D eigenvalue weighted by atomic mass is 32.2. The van der Waals surface area contributed by atoms with Crippen LogP contribution in [0.2, 0.25) is 0 Å². The molecule has 0 aliphatic carbocycles. The predicted molar refractivity (Wildman–Crippen MR) is 159 cm³/mol. The Morgan fingerprint density at radius 2 is 1.70 bits per heavy atom. The number of amides is 3. The highest BCUT2D eigenvalue weighted by molar-refractivity contribution is 7.98. The van der Waals surface area contributed by atoms with E-state index in [1.165, 1.54) is 0 Å². The van der Waals surface area contributed by atoms with Gasteiger partial charge in [0.15, 0.2) is 0 Å². The summed E-state index contributed by atoms with van der Waals surface area (Å²) in [5.41, 5.74) is 13.2. The molecule has 0 spiro atoms. The predicted octanol–water partition coefficient (Wildman–Crippen LogP) is 1.50. The first-order chi connectivity index (χ1) is 19.1. The molecule has 0 saturated carbocycles. The van der Waals surface area contributed by atoms with Crippen LogP contribution >= 0.6 is 11.8 Å². The number of carboxylic acids is 1. The molecule has 0 bridgehead atoms. The number of thioether (sulfide) groups is 1. The summed E-state index contributed by atoms with van der Waals surface area (Å²) in [6.07, 6.45) is 6.34. The van der Waals surface area contributed by atoms with Crippen molar-refractivity contribution in [2.45, 2.75) is 76.5 Å². The van der Waals surface area contributed by atoms with Crippen LogP contribution in [0.1, 0.15) is 51.5 Å². The van der Waals surface area contributed by atoms with Crippen molar-refractivity contribution in [2.75, 3.05) is 18.6 Å². The molecule has 12 heteroatoms. The van der Waals surface area contributed by atoms with E-state index < -0.39 is 47.9 Å². The van der Waals surface area contributed by atoms with Gasteiger partial charge in [-0.05, 0) is 61.8 Å². The summed E-state index contributed by atoms with van der Waals surface area (Å²) in [4.78, 5) is 54.7. The van der Waals surface area contributed by atoms with Crippen LogP contribution in [0.4, 0.5) is 0 Å². The van der Waals surface area contributed by atoms with Crippen molar-refractivity contribution >= 4 is 46.4 Å². The maximum atomic E-state index is 13.4. The van der Waals surface area contributed by atoms with Gasteiger partial charge in [0.1, 0.15) is 18.1 Å². The first-order valence-electron chi connectivity index (χ1n) is 13.8. The molecule has 0 fully saturated rings. The SMILES string of the molecule is CCC(C)C(NC(=O)C(CCCCN)NC(=O)C(N)CCSC)C(=O)NC(Cc1c[nH]c2ccccc12)C(=O)O. The van der Waals surface area contributed by atoms with Crippen molar-refractivity contribution in [1.29, 1.82) is 0 Å². The van der Waals surface area contributed by atoms with Gasteiger partial charge < -0.3 is 37.5 Å². The third-order valence-corrected chi connectivity index (χ3v) is 7.70. The zero-order chi connectivity index (χ0) is 29.7. The summed E-state index contributed by atoms with van der Waals surface area (Å²) < 4.78 is 0. The number of aromatic nitrogens is 1. The second-order valence-electron chi connectivity index (χ2n) is 10.1. The first kappa shape index (κ1) is 33.1. The minimum atomic E-state index is -1.20. The molecule has 9 N–H and O–H groups in total. The highest BCUT2D eigenvalue weighted by Crippen LogP contribution is 2.19. The van der Waals surface area contributed by atoms with E-state index >= 15 is 0 Å². The number of hydrogen-bond acceptors (Lipinski definition) is 7. The number of carbonyl (C=O) groups is 4. The lowest BCUT2D eigenvalue weighted by atomic mass is 9.96. The lowest BCUT2D eigenvalue weighted by molar-refractivity contribution is -0.142. The number of rotatable bonds is 18. The van der Waals surface area contributed by atoms with Crippen LogP contribution in [0.15, 0.2) is 30.5 Å². The zero-order valence-electron chi connectivity index (χ0n) is 23.6. The van der Waals surface area contributed by atoms with Gasteiger partial charge in [-0.3, -0.25) is 14.4 Å². The molecule has 5 unspecified atom stereocenters. The molecule has 222 valence electrons. The van der Waals surface area contributed by atoms with Crippen LogP contribution in [0.3, 0.4) is 0 Å². The third kappa shape index (κ3) is 9.83. The summed E-state index contributed by atoms with van der Waals surface area (Å²) in [6.45, 7) is 4.13. The van der Waals surface area contributed by atoms with Crippen LogP contribution in [-0.4, -0.2) is 76.5 Å². The van der Waals surface area contributed by atoms with Crippen LogP contribution in [0, 0.1) is 5.92 Å². The summed E-state index contributed by atoms with van der Waals surface area (Å²) in [7, 11) is 0. The minimum absolute atomic E-state index is 0.0674. The van der Waals surface area contributed by atoms with E-state index in [1.54, 1.807) is 24.9 Å². The van der Waals surface area contributed by atoms with Crippen LogP contribution < -0.4 is 27.4 Å². The van der Waals surface area contributed by atoms with Crippen molar-refractivity contribution in [1.82, 2.24) is 20.9 Å². The number of H-pyrrole nitrogens is 1. The Morgan fingerprint density at radius 1 is 1.00 bits per heavy atom. The number of aromatic amines is 1. The van der Waals surface area contributed by atoms with Crippen molar-refractivity contribution in [3.63, 3.8) is 0 Å². The molecule has 1 heterocycles. The monoisotopic (exact) mass is 576 g/mol. The van der Waals surface area contributed by atoms with Gasteiger partial charge in [0.25, 0.3) is 0 Å². The number of para-hydroxylation sites is 1. The fourth-order valence-corrected chi connectivity index (χ4v) is 4.84. The largest absolute Gasteiger partial charge is 0.480 e. The molecular weight excluding hydrogens is 532 g/mol. The Morgan fingerprint density at radius 3 is 2.35 bits per heavy atom. The molecule has 0 radical (unpaired) electrons. The fourth-order valence-electron chi connectivity index (χ4n) is 4.35. The molecule has 11 nitrogen and oxygen atoms in total. The molecule has 5 atom stereocenters. The van der Waals surface area contributed by atoms with Crippen LogP contribution in [0.25, 0.3) is 10.9 Å². The lowest BCUT2D eigenvalue weighted by Crippen LogP contribution is -2.58. The number of benzene rings is 1. The number of nitrogens with one attached hydrogen (secondary N) is 4. The summed E-state index contributed by atoms with van der Waals surface area (Å²) >= 11 is 1.57. The Bertz CT molecular complexity index is 1130. The minimum Gasteiger partial charge on any atom is -0.480 e. The fraction of sp³-hybridized carbons (Fsp3) is 0.571. The quantitative estimate of drug-likeness (QED) is 0.130.